The Hall–Kier alpha value is -0.800. The molecule has 1 aliphatic rings. The quantitative estimate of drug-likeness (QED) is 0.553. The van der Waals surface area contributed by atoms with E-state index in [9.17, 15) is 4.79 Å². The van der Waals surface area contributed by atoms with Crippen LogP contribution in [0.25, 0.3) is 0 Å². The fourth-order valence-corrected chi connectivity index (χ4v) is 3.31. The topological polar surface area (TPSA) is 20.3 Å². The number of Topliss-reactive ketones (excluding diaryl/α,β-unsaturated/α-hetero) is 1. The minimum Gasteiger partial charge on any atom is -0.303 e. The normalized spacial score (nSPS) is 16.2. The number of nitrogens with zero attached hydrogens (tertiary/aromatic N) is 1. The number of ketones is 1. The first-order valence-electron chi connectivity index (χ1n) is 7.78. The maximum Gasteiger partial charge on any atom is 0.164 e. The molecule has 0 spiro atoms. The van der Waals surface area contributed by atoms with Gasteiger partial charge in [-0.2, -0.15) is 0 Å². The van der Waals surface area contributed by atoms with Crippen LogP contribution in [0, 0.1) is 0 Å². The van der Waals surface area contributed by atoms with Gasteiger partial charge in [0, 0.05) is 23.4 Å². The highest BCUT2D eigenvalue weighted by Gasteiger charge is 2.12. The molecule has 0 aromatic heterocycles. The first-order valence-corrected chi connectivity index (χ1v) is 8.76. The van der Waals surface area contributed by atoms with Crippen molar-refractivity contribution >= 4 is 17.5 Å². The molecule has 2 rings (SSSR count). The largest absolute Gasteiger partial charge is 0.303 e. The molecule has 1 saturated heterocycles. The van der Waals surface area contributed by atoms with Crippen LogP contribution in [0.4, 0.5) is 0 Å². The number of carbonyl (C=O) groups excluding carboxylic acids is 1. The molecule has 1 aromatic carbocycles. The number of hydrogen-bond donors (Lipinski definition) is 0. The Labute approximate surface area is 126 Å². The summed E-state index contributed by atoms with van der Waals surface area (Å²) in [6, 6.07) is 8.12. The smallest absolute Gasteiger partial charge is 0.164 e. The third kappa shape index (κ3) is 4.95. The molecular weight excluding hydrogens is 266 g/mol. The fraction of sp³-hybridized carbons (Fsp3) is 0.588. The maximum absolute atomic E-state index is 12.2. The predicted molar refractivity (Wildman–Crippen MR) is 86.7 cm³/mol. The summed E-state index contributed by atoms with van der Waals surface area (Å²) in [6.45, 7) is 5.44. The lowest BCUT2D eigenvalue weighted by molar-refractivity contribution is 0.0958. The summed E-state index contributed by atoms with van der Waals surface area (Å²) in [4.78, 5) is 15.9. The molecule has 0 atom stereocenters. The van der Waals surface area contributed by atoms with Crippen LogP contribution in [0.1, 0.15) is 49.4 Å². The van der Waals surface area contributed by atoms with Crippen molar-refractivity contribution in [2.45, 2.75) is 43.9 Å². The third-order valence-electron chi connectivity index (χ3n) is 3.75. The van der Waals surface area contributed by atoms with Crippen molar-refractivity contribution in [1.29, 1.82) is 0 Å². The van der Waals surface area contributed by atoms with Crippen molar-refractivity contribution < 1.29 is 4.79 Å². The van der Waals surface area contributed by atoms with Gasteiger partial charge in [0.1, 0.15) is 0 Å². The van der Waals surface area contributed by atoms with Crippen molar-refractivity contribution in [2.75, 3.05) is 25.4 Å². The Morgan fingerprint density at radius 3 is 2.50 bits per heavy atom. The molecule has 0 radical (unpaired) electrons. The molecule has 3 heteroatoms. The highest BCUT2D eigenvalue weighted by Crippen LogP contribution is 2.19. The number of rotatable bonds is 7. The standard InChI is InChI=1S/C17H25NOS/c1-2-14-20-16-8-6-15(7-9-16)17(19)10-13-18-11-4-3-5-12-18/h6-9H,2-5,10-14H2,1H3. The SMILES string of the molecule is CCCSc1ccc(C(=O)CCN2CCCCC2)cc1. The zero-order chi connectivity index (χ0) is 14.2. The molecule has 0 bridgehead atoms. The second-order valence-electron chi connectivity index (χ2n) is 5.45. The highest BCUT2D eigenvalue weighted by molar-refractivity contribution is 7.99. The van der Waals surface area contributed by atoms with E-state index < -0.39 is 0 Å². The highest BCUT2D eigenvalue weighted by atomic mass is 32.2. The van der Waals surface area contributed by atoms with Gasteiger partial charge in [0.05, 0.1) is 0 Å². The molecule has 20 heavy (non-hydrogen) atoms. The summed E-state index contributed by atoms with van der Waals surface area (Å²) in [5, 5.41) is 0. The Balaban J connectivity index is 1.79. The van der Waals surface area contributed by atoms with Gasteiger partial charge in [0.15, 0.2) is 5.78 Å². The summed E-state index contributed by atoms with van der Waals surface area (Å²) in [6.07, 6.45) is 5.76. The molecule has 0 unspecified atom stereocenters. The van der Waals surface area contributed by atoms with E-state index in [2.05, 4.69) is 24.0 Å². The third-order valence-corrected chi connectivity index (χ3v) is 4.97. The van der Waals surface area contributed by atoms with Crippen LogP contribution in [-0.2, 0) is 0 Å². The second kappa shape index (κ2) is 8.48. The van der Waals surface area contributed by atoms with Crippen molar-refractivity contribution in [3.63, 3.8) is 0 Å². The van der Waals surface area contributed by atoms with Crippen molar-refractivity contribution in [3.8, 4) is 0 Å². The van der Waals surface area contributed by atoms with Gasteiger partial charge in [-0.15, -0.1) is 11.8 Å². The molecule has 2 nitrogen and oxygen atoms in total. The number of benzene rings is 1. The van der Waals surface area contributed by atoms with Crippen molar-refractivity contribution in [3.05, 3.63) is 29.8 Å². The lowest BCUT2D eigenvalue weighted by Crippen LogP contribution is -2.31. The van der Waals surface area contributed by atoms with E-state index >= 15 is 0 Å². The molecule has 0 N–H and O–H groups in total. The first kappa shape index (κ1) is 15.6. The minimum atomic E-state index is 0.280. The molecule has 1 heterocycles. The van der Waals surface area contributed by atoms with E-state index in [1.807, 2.05) is 23.9 Å². The Bertz CT molecular complexity index is 410. The van der Waals surface area contributed by atoms with E-state index in [4.69, 9.17) is 0 Å². The number of piperidine rings is 1. The van der Waals surface area contributed by atoms with E-state index in [-0.39, 0.29) is 5.78 Å². The predicted octanol–water partition coefficient (Wildman–Crippen LogP) is 4.25. The van der Waals surface area contributed by atoms with Crippen LogP contribution in [0.3, 0.4) is 0 Å². The van der Waals surface area contributed by atoms with Crippen LogP contribution in [-0.4, -0.2) is 36.1 Å². The monoisotopic (exact) mass is 291 g/mol. The van der Waals surface area contributed by atoms with Crippen LogP contribution in [0.2, 0.25) is 0 Å². The first-order chi connectivity index (χ1) is 9.79. The van der Waals surface area contributed by atoms with Gasteiger partial charge in [0.25, 0.3) is 0 Å². The van der Waals surface area contributed by atoms with Crippen molar-refractivity contribution in [1.82, 2.24) is 4.90 Å². The molecule has 0 saturated carbocycles. The van der Waals surface area contributed by atoms with Gasteiger partial charge >= 0.3 is 0 Å². The number of likely N-dealkylation sites (tertiary alicyclic amines) is 1. The summed E-state index contributed by atoms with van der Waals surface area (Å²) < 4.78 is 0. The van der Waals surface area contributed by atoms with E-state index in [1.54, 1.807) is 0 Å². The van der Waals surface area contributed by atoms with Gasteiger partial charge in [0.2, 0.25) is 0 Å². The van der Waals surface area contributed by atoms with E-state index in [1.165, 1.54) is 43.7 Å². The Morgan fingerprint density at radius 2 is 1.85 bits per heavy atom. The average Bonchev–Trinajstić information content (AvgIpc) is 2.52. The molecule has 1 fully saturated rings. The average molecular weight is 291 g/mol. The van der Waals surface area contributed by atoms with Gasteiger partial charge in [-0.25, -0.2) is 0 Å². The second-order valence-corrected chi connectivity index (χ2v) is 6.62. The van der Waals surface area contributed by atoms with Gasteiger partial charge in [-0.1, -0.05) is 25.5 Å². The lowest BCUT2D eigenvalue weighted by Gasteiger charge is -2.25. The van der Waals surface area contributed by atoms with E-state index in [0.717, 1.165) is 17.9 Å². The minimum absolute atomic E-state index is 0.280. The maximum atomic E-state index is 12.2. The van der Waals surface area contributed by atoms with Gasteiger partial charge in [-0.3, -0.25) is 4.79 Å². The molecule has 0 amide bonds. The fourth-order valence-electron chi connectivity index (χ4n) is 2.54. The Kier molecular flexibility index (Phi) is 6.61. The summed E-state index contributed by atoms with van der Waals surface area (Å²) in [5.41, 5.74) is 0.864. The van der Waals surface area contributed by atoms with Gasteiger partial charge in [-0.05, 0) is 50.2 Å². The van der Waals surface area contributed by atoms with Crippen LogP contribution in [0.5, 0.6) is 0 Å². The van der Waals surface area contributed by atoms with Crippen LogP contribution < -0.4 is 0 Å². The van der Waals surface area contributed by atoms with Crippen LogP contribution >= 0.6 is 11.8 Å². The summed E-state index contributed by atoms with van der Waals surface area (Å²) >= 11 is 1.86. The zero-order valence-electron chi connectivity index (χ0n) is 12.4. The molecule has 110 valence electrons. The Morgan fingerprint density at radius 1 is 1.15 bits per heavy atom. The molecule has 0 aliphatic carbocycles. The van der Waals surface area contributed by atoms with Gasteiger partial charge < -0.3 is 4.90 Å². The van der Waals surface area contributed by atoms with Crippen LogP contribution in [0.15, 0.2) is 29.2 Å². The molecular formula is C17H25NOS. The van der Waals surface area contributed by atoms with E-state index in [0.29, 0.717) is 6.42 Å². The summed E-state index contributed by atoms with van der Waals surface area (Å²) in [5.74, 6) is 1.42. The number of hydrogen-bond acceptors (Lipinski definition) is 3. The zero-order valence-corrected chi connectivity index (χ0v) is 13.3. The molecule has 1 aliphatic heterocycles. The number of carbonyl (C=O) groups is 1. The van der Waals surface area contributed by atoms with Crippen molar-refractivity contribution in [2.24, 2.45) is 0 Å². The molecule has 1 aromatic rings. The summed E-state index contributed by atoms with van der Waals surface area (Å²) in [7, 11) is 0. The lowest BCUT2D eigenvalue weighted by atomic mass is 10.1. The number of thioether (sulfide) groups is 1.